The number of hydrogen-bond donors (Lipinski definition) is 2. The van der Waals surface area contributed by atoms with Gasteiger partial charge in [0.25, 0.3) is 0 Å². The molecule has 3 nitrogen and oxygen atoms in total. The Labute approximate surface area is 111 Å². The zero-order valence-electron chi connectivity index (χ0n) is 9.84. The molecule has 94 valence electrons. The normalized spacial score (nSPS) is 13.5. The van der Waals surface area contributed by atoms with E-state index < -0.39 is 5.41 Å². The van der Waals surface area contributed by atoms with Crippen molar-refractivity contribution in [1.82, 2.24) is 0 Å². The van der Waals surface area contributed by atoms with Gasteiger partial charge in [0.15, 0.2) is 0 Å². The predicted octanol–water partition coefficient (Wildman–Crippen LogP) is 2.89. The first-order valence-electron chi connectivity index (χ1n) is 5.24. The summed E-state index contributed by atoms with van der Waals surface area (Å²) in [4.78, 5) is 11.2. The Morgan fingerprint density at radius 2 is 2.00 bits per heavy atom. The Balaban J connectivity index is 2.94. The summed E-state index contributed by atoms with van der Waals surface area (Å²) in [5, 5.41) is 1.11. The third-order valence-corrected chi connectivity index (χ3v) is 3.33. The number of hydrogen-bond acceptors (Lipinski definition) is 2. The Morgan fingerprint density at radius 3 is 2.53 bits per heavy atom. The first-order chi connectivity index (χ1) is 7.74. The lowest BCUT2D eigenvalue weighted by Gasteiger charge is -2.25. The number of nitrogens with two attached hydrogens (primary N) is 2. The van der Waals surface area contributed by atoms with Gasteiger partial charge in [0.05, 0.1) is 0 Å². The van der Waals surface area contributed by atoms with Crippen molar-refractivity contribution >= 4 is 29.1 Å². The molecule has 5 heteroatoms. The summed E-state index contributed by atoms with van der Waals surface area (Å²) in [6, 6.07) is 4.73. The van der Waals surface area contributed by atoms with Gasteiger partial charge in [-0.25, -0.2) is 0 Å². The summed E-state index contributed by atoms with van der Waals surface area (Å²) in [5.41, 5.74) is 11.4. The molecule has 4 N–H and O–H groups in total. The van der Waals surface area contributed by atoms with Crippen molar-refractivity contribution in [3.63, 3.8) is 0 Å². The van der Waals surface area contributed by atoms with Crippen LogP contribution in [0.4, 0.5) is 0 Å². The van der Waals surface area contributed by atoms with Gasteiger partial charge in [0.2, 0.25) is 5.91 Å². The second-order valence-electron chi connectivity index (χ2n) is 4.72. The fourth-order valence-electron chi connectivity index (χ4n) is 1.56. The van der Waals surface area contributed by atoms with E-state index in [1.54, 1.807) is 32.0 Å². The molecule has 0 radical (unpaired) electrons. The van der Waals surface area contributed by atoms with Crippen LogP contribution in [0.3, 0.4) is 0 Å². The van der Waals surface area contributed by atoms with Crippen molar-refractivity contribution in [2.45, 2.75) is 26.3 Å². The number of carbonyl (C=O) groups is 1. The summed E-state index contributed by atoms with van der Waals surface area (Å²) < 4.78 is 0. The fourth-order valence-corrected chi connectivity index (χ4v) is 2.00. The topological polar surface area (TPSA) is 69.1 Å². The van der Waals surface area contributed by atoms with E-state index in [1.165, 1.54) is 0 Å². The van der Waals surface area contributed by atoms with Crippen LogP contribution >= 0.6 is 23.2 Å². The molecule has 17 heavy (non-hydrogen) atoms. The highest BCUT2D eigenvalue weighted by atomic mass is 35.5. The van der Waals surface area contributed by atoms with Crippen LogP contribution in [0.1, 0.15) is 31.9 Å². The minimum absolute atomic E-state index is 0.372. The SMILES string of the molecule is CC(C)(CC(N)c1cc(Cl)ccc1Cl)C(N)=O. The molecule has 0 fully saturated rings. The second-order valence-corrected chi connectivity index (χ2v) is 5.57. The molecule has 1 aromatic carbocycles. The first kappa shape index (κ1) is 14.3. The van der Waals surface area contributed by atoms with Gasteiger partial charge >= 0.3 is 0 Å². The van der Waals surface area contributed by atoms with Gasteiger partial charge in [0.1, 0.15) is 0 Å². The molecule has 0 saturated heterocycles. The van der Waals surface area contributed by atoms with Crippen LogP contribution in [0.2, 0.25) is 10.0 Å². The maximum atomic E-state index is 11.2. The van der Waals surface area contributed by atoms with Crippen molar-refractivity contribution in [3.8, 4) is 0 Å². The van der Waals surface area contributed by atoms with E-state index in [-0.39, 0.29) is 11.9 Å². The van der Waals surface area contributed by atoms with Crippen molar-refractivity contribution in [1.29, 1.82) is 0 Å². The quantitative estimate of drug-likeness (QED) is 0.887. The third kappa shape index (κ3) is 3.60. The number of carbonyl (C=O) groups excluding carboxylic acids is 1. The largest absolute Gasteiger partial charge is 0.369 e. The average Bonchev–Trinajstić information content (AvgIpc) is 2.20. The highest BCUT2D eigenvalue weighted by Crippen LogP contribution is 2.32. The molecule has 1 unspecified atom stereocenters. The minimum Gasteiger partial charge on any atom is -0.369 e. The van der Waals surface area contributed by atoms with E-state index in [1.807, 2.05) is 0 Å². The molecular weight excluding hydrogens is 259 g/mol. The van der Waals surface area contributed by atoms with Crippen LogP contribution in [0.15, 0.2) is 18.2 Å². The number of amides is 1. The Kier molecular flexibility index (Phi) is 4.42. The summed E-state index contributed by atoms with van der Waals surface area (Å²) in [6.07, 6.45) is 0.419. The summed E-state index contributed by atoms with van der Waals surface area (Å²) in [6.45, 7) is 3.52. The molecule has 0 aliphatic heterocycles. The summed E-state index contributed by atoms with van der Waals surface area (Å²) in [7, 11) is 0. The molecule has 1 amide bonds. The molecule has 0 bridgehead atoms. The Morgan fingerprint density at radius 1 is 1.41 bits per heavy atom. The monoisotopic (exact) mass is 274 g/mol. The van der Waals surface area contributed by atoms with Gasteiger partial charge in [-0.2, -0.15) is 0 Å². The number of primary amides is 1. The van der Waals surface area contributed by atoms with E-state index in [0.717, 1.165) is 5.56 Å². The molecule has 0 saturated carbocycles. The van der Waals surface area contributed by atoms with Gasteiger partial charge in [-0.3, -0.25) is 4.79 Å². The predicted molar refractivity (Wildman–Crippen MR) is 71.0 cm³/mol. The molecule has 0 heterocycles. The molecule has 0 spiro atoms. The smallest absolute Gasteiger partial charge is 0.223 e. The molecule has 0 aliphatic rings. The van der Waals surface area contributed by atoms with Gasteiger partial charge in [-0.15, -0.1) is 0 Å². The Bertz CT molecular complexity index is 433. The average molecular weight is 275 g/mol. The molecular formula is C12H16Cl2N2O. The molecule has 1 atom stereocenters. The standard InChI is InChI=1S/C12H16Cl2N2O/c1-12(2,11(16)17)6-10(15)8-5-7(13)3-4-9(8)14/h3-5,10H,6,15H2,1-2H3,(H2,16,17). The van der Waals surface area contributed by atoms with Crippen molar-refractivity contribution in [3.05, 3.63) is 33.8 Å². The lowest BCUT2D eigenvalue weighted by molar-refractivity contribution is -0.126. The summed E-state index contributed by atoms with van der Waals surface area (Å²) >= 11 is 11.9. The van der Waals surface area contributed by atoms with Crippen LogP contribution in [0, 0.1) is 5.41 Å². The van der Waals surface area contributed by atoms with Crippen LogP contribution in [-0.4, -0.2) is 5.91 Å². The number of rotatable bonds is 4. The van der Waals surface area contributed by atoms with Gasteiger partial charge in [-0.1, -0.05) is 37.0 Å². The third-order valence-electron chi connectivity index (χ3n) is 2.75. The maximum Gasteiger partial charge on any atom is 0.223 e. The highest BCUT2D eigenvalue weighted by molar-refractivity contribution is 6.33. The Hall–Kier alpha value is -0.770. The van der Waals surface area contributed by atoms with Crippen LogP contribution in [0.25, 0.3) is 0 Å². The van der Waals surface area contributed by atoms with Gasteiger partial charge < -0.3 is 11.5 Å². The second kappa shape index (κ2) is 5.25. The van der Waals surface area contributed by atoms with Crippen molar-refractivity contribution in [2.75, 3.05) is 0 Å². The molecule has 1 rings (SSSR count). The van der Waals surface area contributed by atoms with Crippen LogP contribution < -0.4 is 11.5 Å². The molecule has 1 aromatic rings. The van der Waals surface area contributed by atoms with Crippen molar-refractivity contribution < 1.29 is 4.79 Å². The zero-order valence-corrected chi connectivity index (χ0v) is 11.3. The molecule has 0 aliphatic carbocycles. The summed E-state index contributed by atoms with van der Waals surface area (Å²) in [5.74, 6) is -0.383. The zero-order chi connectivity index (χ0) is 13.2. The lowest BCUT2D eigenvalue weighted by atomic mass is 9.83. The van der Waals surface area contributed by atoms with E-state index >= 15 is 0 Å². The fraction of sp³-hybridized carbons (Fsp3) is 0.417. The van der Waals surface area contributed by atoms with Crippen LogP contribution in [-0.2, 0) is 4.79 Å². The van der Waals surface area contributed by atoms with E-state index in [0.29, 0.717) is 16.5 Å². The number of halogens is 2. The van der Waals surface area contributed by atoms with E-state index in [2.05, 4.69) is 0 Å². The van der Waals surface area contributed by atoms with E-state index in [4.69, 9.17) is 34.7 Å². The van der Waals surface area contributed by atoms with Gasteiger partial charge in [-0.05, 0) is 30.2 Å². The van der Waals surface area contributed by atoms with E-state index in [9.17, 15) is 4.79 Å². The maximum absolute atomic E-state index is 11.2. The van der Waals surface area contributed by atoms with Crippen molar-refractivity contribution in [2.24, 2.45) is 16.9 Å². The lowest BCUT2D eigenvalue weighted by Crippen LogP contribution is -2.34. The molecule has 0 aromatic heterocycles. The minimum atomic E-state index is -0.676. The first-order valence-corrected chi connectivity index (χ1v) is 6.00. The highest BCUT2D eigenvalue weighted by Gasteiger charge is 2.28. The number of benzene rings is 1. The van der Waals surface area contributed by atoms with Gasteiger partial charge in [0, 0.05) is 21.5 Å². The van der Waals surface area contributed by atoms with Crippen LogP contribution in [0.5, 0.6) is 0 Å².